The highest BCUT2D eigenvalue weighted by atomic mass is 35.5. The molecular formula is C19H16ClN3O2S. The topological polar surface area (TPSA) is 65.0 Å². The van der Waals surface area contributed by atoms with E-state index in [4.69, 9.17) is 16.3 Å². The quantitative estimate of drug-likeness (QED) is 0.285. The Kier molecular flexibility index (Phi) is 5.54. The van der Waals surface area contributed by atoms with Crippen LogP contribution in [0.5, 0.6) is 0 Å². The van der Waals surface area contributed by atoms with E-state index in [0.717, 1.165) is 5.56 Å². The second kappa shape index (κ2) is 7.85. The van der Waals surface area contributed by atoms with Gasteiger partial charge in [-0.05, 0) is 24.5 Å². The van der Waals surface area contributed by atoms with Crippen LogP contribution in [0, 0.1) is 0 Å². The summed E-state index contributed by atoms with van der Waals surface area (Å²) in [6, 6.07) is 14.6. The SMILES string of the molecule is CSc1nccc(C(OC(C)=O)(c2ccccc2)c2cccnc2Cl)n1. The summed E-state index contributed by atoms with van der Waals surface area (Å²) in [6.45, 7) is 1.36. The van der Waals surface area contributed by atoms with Gasteiger partial charge in [-0.2, -0.15) is 0 Å². The van der Waals surface area contributed by atoms with Crippen molar-refractivity contribution in [2.24, 2.45) is 0 Å². The van der Waals surface area contributed by atoms with E-state index >= 15 is 0 Å². The first-order valence-corrected chi connectivity index (χ1v) is 9.42. The van der Waals surface area contributed by atoms with Crippen LogP contribution < -0.4 is 0 Å². The summed E-state index contributed by atoms with van der Waals surface area (Å²) in [5, 5.41) is 0.803. The van der Waals surface area contributed by atoms with Crippen LogP contribution in [0.15, 0.2) is 66.1 Å². The van der Waals surface area contributed by atoms with Crippen LogP contribution in [-0.4, -0.2) is 27.2 Å². The minimum Gasteiger partial charge on any atom is -0.443 e. The van der Waals surface area contributed by atoms with E-state index < -0.39 is 11.6 Å². The summed E-state index contributed by atoms with van der Waals surface area (Å²) in [7, 11) is 0. The zero-order valence-electron chi connectivity index (χ0n) is 14.2. The summed E-state index contributed by atoms with van der Waals surface area (Å²) >= 11 is 7.82. The zero-order valence-corrected chi connectivity index (χ0v) is 15.8. The second-order valence-electron chi connectivity index (χ2n) is 5.41. The van der Waals surface area contributed by atoms with Gasteiger partial charge in [-0.15, -0.1) is 0 Å². The molecule has 2 aromatic heterocycles. The standard InChI is InChI=1S/C19H16ClN3O2S/c1-13(24)25-19(14-7-4-3-5-8-14,15-9-6-11-21-17(15)20)16-10-12-22-18(23-16)26-2/h3-12H,1-2H3. The minimum absolute atomic E-state index is 0.238. The molecule has 0 aliphatic rings. The first-order valence-electron chi connectivity index (χ1n) is 7.81. The lowest BCUT2D eigenvalue weighted by Gasteiger charge is -2.34. The van der Waals surface area contributed by atoms with Gasteiger partial charge < -0.3 is 4.74 Å². The van der Waals surface area contributed by atoms with Gasteiger partial charge in [-0.25, -0.2) is 15.0 Å². The van der Waals surface area contributed by atoms with Crippen molar-refractivity contribution in [3.63, 3.8) is 0 Å². The molecule has 0 amide bonds. The number of halogens is 1. The van der Waals surface area contributed by atoms with Gasteiger partial charge in [0.15, 0.2) is 5.16 Å². The van der Waals surface area contributed by atoms with Crippen molar-refractivity contribution in [1.29, 1.82) is 0 Å². The van der Waals surface area contributed by atoms with Gasteiger partial charge >= 0.3 is 5.97 Å². The summed E-state index contributed by atoms with van der Waals surface area (Å²) in [5.41, 5.74) is 0.434. The number of benzene rings is 1. The Labute approximate surface area is 160 Å². The Balaban J connectivity index is 2.39. The van der Waals surface area contributed by atoms with Crippen molar-refractivity contribution in [3.05, 3.63) is 82.9 Å². The van der Waals surface area contributed by atoms with E-state index in [1.807, 2.05) is 36.6 Å². The van der Waals surface area contributed by atoms with Crippen LogP contribution >= 0.6 is 23.4 Å². The normalized spacial score (nSPS) is 13.0. The van der Waals surface area contributed by atoms with Crippen LogP contribution in [0.3, 0.4) is 0 Å². The Hall–Kier alpha value is -2.44. The molecule has 0 bridgehead atoms. The van der Waals surface area contributed by atoms with Gasteiger partial charge in [0, 0.05) is 30.4 Å². The van der Waals surface area contributed by atoms with Crippen molar-refractivity contribution < 1.29 is 9.53 Å². The molecule has 0 saturated heterocycles. The lowest BCUT2D eigenvalue weighted by atomic mass is 9.83. The van der Waals surface area contributed by atoms with Crippen molar-refractivity contribution in [2.75, 3.05) is 6.26 Å². The Morgan fingerprint density at radius 2 is 1.85 bits per heavy atom. The molecule has 3 aromatic rings. The molecule has 5 nitrogen and oxygen atoms in total. The Morgan fingerprint density at radius 1 is 1.08 bits per heavy atom. The number of pyridine rings is 1. The molecule has 1 aromatic carbocycles. The fourth-order valence-electron chi connectivity index (χ4n) is 2.78. The number of ether oxygens (including phenoxy) is 1. The van der Waals surface area contributed by atoms with Gasteiger partial charge in [0.25, 0.3) is 0 Å². The summed E-state index contributed by atoms with van der Waals surface area (Å²) in [5.74, 6) is -0.460. The molecule has 0 aliphatic carbocycles. The predicted molar refractivity (Wildman–Crippen MR) is 101 cm³/mol. The van der Waals surface area contributed by atoms with E-state index in [-0.39, 0.29) is 5.15 Å². The minimum atomic E-state index is -1.33. The van der Waals surface area contributed by atoms with Gasteiger partial charge in [-0.1, -0.05) is 53.7 Å². The lowest BCUT2D eigenvalue weighted by molar-refractivity contribution is -0.151. The molecule has 0 saturated carbocycles. The maximum absolute atomic E-state index is 12.1. The molecule has 2 heterocycles. The lowest BCUT2D eigenvalue weighted by Crippen LogP contribution is -2.36. The van der Waals surface area contributed by atoms with Crippen LogP contribution in [-0.2, 0) is 15.1 Å². The highest BCUT2D eigenvalue weighted by molar-refractivity contribution is 7.98. The van der Waals surface area contributed by atoms with Crippen LogP contribution in [0.4, 0.5) is 0 Å². The zero-order chi connectivity index (χ0) is 18.6. The molecule has 1 unspecified atom stereocenters. The highest BCUT2D eigenvalue weighted by Crippen LogP contribution is 2.42. The third kappa shape index (κ3) is 3.43. The molecule has 1 atom stereocenters. The van der Waals surface area contributed by atoms with E-state index in [9.17, 15) is 4.79 Å². The molecule has 0 spiro atoms. The number of carbonyl (C=O) groups is 1. The van der Waals surface area contributed by atoms with Crippen molar-refractivity contribution in [2.45, 2.75) is 17.7 Å². The number of aromatic nitrogens is 3. The Morgan fingerprint density at radius 3 is 2.50 bits per heavy atom. The molecular weight excluding hydrogens is 370 g/mol. The van der Waals surface area contributed by atoms with E-state index in [2.05, 4.69) is 15.0 Å². The third-order valence-electron chi connectivity index (χ3n) is 3.79. The Bertz CT molecular complexity index is 923. The smallest absolute Gasteiger partial charge is 0.304 e. The van der Waals surface area contributed by atoms with E-state index in [1.165, 1.54) is 18.7 Å². The number of thioether (sulfide) groups is 1. The van der Waals surface area contributed by atoms with Crippen molar-refractivity contribution in [3.8, 4) is 0 Å². The van der Waals surface area contributed by atoms with Crippen LogP contribution in [0.25, 0.3) is 0 Å². The molecule has 3 rings (SSSR count). The number of hydrogen-bond acceptors (Lipinski definition) is 6. The molecule has 7 heteroatoms. The fraction of sp³-hybridized carbons (Fsp3) is 0.158. The van der Waals surface area contributed by atoms with Crippen molar-refractivity contribution >= 4 is 29.3 Å². The fourth-order valence-corrected chi connectivity index (χ4v) is 3.39. The number of nitrogens with zero attached hydrogens (tertiary/aromatic N) is 3. The van der Waals surface area contributed by atoms with Gasteiger partial charge in [-0.3, -0.25) is 4.79 Å². The molecule has 26 heavy (non-hydrogen) atoms. The highest BCUT2D eigenvalue weighted by Gasteiger charge is 2.43. The van der Waals surface area contributed by atoms with Gasteiger partial charge in [0.2, 0.25) is 5.60 Å². The van der Waals surface area contributed by atoms with E-state index in [1.54, 1.807) is 30.6 Å². The maximum atomic E-state index is 12.1. The van der Waals surface area contributed by atoms with Gasteiger partial charge in [0.05, 0.1) is 5.69 Å². The van der Waals surface area contributed by atoms with Crippen LogP contribution in [0.1, 0.15) is 23.7 Å². The first kappa shape index (κ1) is 18.4. The molecule has 0 radical (unpaired) electrons. The number of carbonyl (C=O) groups excluding carboxylic acids is 1. The third-order valence-corrected chi connectivity index (χ3v) is 4.66. The second-order valence-corrected chi connectivity index (χ2v) is 6.54. The monoisotopic (exact) mass is 385 g/mol. The predicted octanol–water partition coefficient (Wildman–Crippen LogP) is 4.10. The molecule has 0 N–H and O–H groups in total. The van der Waals surface area contributed by atoms with Crippen LogP contribution in [0.2, 0.25) is 5.15 Å². The average molecular weight is 386 g/mol. The largest absolute Gasteiger partial charge is 0.443 e. The first-order chi connectivity index (χ1) is 12.6. The maximum Gasteiger partial charge on any atom is 0.304 e. The van der Waals surface area contributed by atoms with E-state index in [0.29, 0.717) is 16.4 Å². The number of rotatable bonds is 5. The molecule has 0 aliphatic heterocycles. The van der Waals surface area contributed by atoms with Gasteiger partial charge in [0.1, 0.15) is 5.15 Å². The van der Waals surface area contributed by atoms with Crippen molar-refractivity contribution in [1.82, 2.24) is 15.0 Å². The average Bonchev–Trinajstić information content (AvgIpc) is 2.67. The summed E-state index contributed by atoms with van der Waals surface area (Å²) < 4.78 is 5.91. The molecule has 0 fully saturated rings. The summed E-state index contributed by atoms with van der Waals surface area (Å²) in [6.07, 6.45) is 5.11. The molecule has 132 valence electrons. The number of esters is 1. The summed E-state index contributed by atoms with van der Waals surface area (Å²) in [4.78, 5) is 25.1. The number of hydrogen-bond donors (Lipinski definition) is 0.